The molecule has 1 saturated carbocycles. The van der Waals surface area contributed by atoms with Crippen molar-refractivity contribution in [1.82, 2.24) is 5.32 Å². The Morgan fingerprint density at radius 1 is 1.35 bits per heavy atom. The van der Waals surface area contributed by atoms with Crippen LogP contribution in [-0.4, -0.2) is 19.3 Å². The topological polar surface area (TPSA) is 34.4 Å². The second-order valence-electron chi connectivity index (χ2n) is 5.74. The van der Waals surface area contributed by atoms with Gasteiger partial charge in [-0.25, -0.2) is 0 Å². The van der Waals surface area contributed by atoms with E-state index in [4.69, 9.17) is 9.15 Å². The molecular formula is C17H23NO2. The first-order chi connectivity index (χ1) is 9.76. The minimum Gasteiger partial charge on any atom is -0.459 e. The van der Waals surface area contributed by atoms with Crippen LogP contribution in [-0.2, 0) is 4.74 Å². The van der Waals surface area contributed by atoms with Gasteiger partial charge in [0.2, 0.25) is 0 Å². The van der Waals surface area contributed by atoms with Gasteiger partial charge in [-0.3, -0.25) is 0 Å². The molecule has 2 aromatic rings. The summed E-state index contributed by atoms with van der Waals surface area (Å²) >= 11 is 0. The van der Waals surface area contributed by atoms with Gasteiger partial charge < -0.3 is 14.5 Å². The second kappa shape index (κ2) is 5.58. The van der Waals surface area contributed by atoms with Gasteiger partial charge in [0.25, 0.3) is 0 Å². The maximum atomic E-state index is 6.02. The van der Waals surface area contributed by atoms with Crippen LogP contribution < -0.4 is 5.32 Å². The SMILES string of the molecule is CCNC(CC1(OC)CCC1)c1cc2ccccc2o1. The summed E-state index contributed by atoms with van der Waals surface area (Å²) in [7, 11) is 1.83. The van der Waals surface area contributed by atoms with Crippen LogP contribution in [0.4, 0.5) is 0 Å². The summed E-state index contributed by atoms with van der Waals surface area (Å²) < 4.78 is 11.8. The molecule has 1 unspecified atom stereocenters. The van der Waals surface area contributed by atoms with Crippen molar-refractivity contribution >= 4 is 11.0 Å². The Kier molecular flexibility index (Phi) is 3.81. The molecule has 1 aromatic heterocycles. The second-order valence-corrected chi connectivity index (χ2v) is 5.74. The Balaban J connectivity index is 1.85. The smallest absolute Gasteiger partial charge is 0.134 e. The average Bonchev–Trinajstić information content (AvgIpc) is 2.85. The molecule has 1 atom stereocenters. The Hall–Kier alpha value is -1.32. The van der Waals surface area contributed by atoms with Gasteiger partial charge in [-0.15, -0.1) is 0 Å². The molecule has 0 saturated heterocycles. The first kappa shape index (κ1) is 13.7. The van der Waals surface area contributed by atoms with Crippen molar-refractivity contribution in [3.05, 3.63) is 36.1 Å². The number of benzene rings is 1. The molecule has 3 rings (SSSR count). The van der Waals surface area contributed by atoms with Gasteiger partial charge in [0, 0.05) is 12.5 Å². The summed E-state index contributed by atoms with van der Waals surface area (Å²) in [5.74, 6) is 1.02. The highest BCUT2D eigenvalue weighted by Crippen LogP contribution is 2.42. The van der Waals surface area contributed by atoms with Gasteiger partial charge in [0.15, 0.2) is 0 Å². The highest BCUT2D eigenvalue weighted by Gasteiger charge is 2.39. The van der Waals surface area contributed by atoms with Crippen molar-refractivity contribution < 1.29 is 9.15 Å². The lowest BCUT2D eigenvalue weighted by molar-refractivity contribution is -0.0847. The fourth-order valence-electron chi connectivity index (χ4n) is 3.13. The minimum atomic E-state index is 0.0474. The number of ether oxygens (including phenoxy) is 1. The zero-order chi connectivity index (χ0) is 14.0. The standard InChI is InChI=1S/C17H23NO2/c1-3-18-14(12-17(19-2)9-6-10-17)16-11-13-7-4-5-8-15(13)20-16/h4-5,7-8,11,14,18H,3,6,9-10,12H2,1-2H3. The summed E-state index contributed by atoms with van der Waals surface area (Å²) in [5.41, 5.74) is 1.01. The zero-order valence-electron chi connectivity index (χ0n) is 12.3. The van der Waals surface area contributed by atoms with E-state index in [0.29, 0.717) is 0 Å². The third kappa shape index (κ3) is 2.48. The monoisotopic (exact) mass is 273 g/mol. The number of nitrogens with one attached hydrogen (secondary N) is 1. The van der Waals surface area contributed by atoms with Crippen molar-refractivity contribution in [2.45, 2.75) is 44.2 Å². The fraction of sp³-hybridized carbons (Fsp3) is 0.529. The van der Waals surface area contributed by atoms with Crippen molar-refractivity contribution in [1.29, 1.82) is 0 Å². The van der Waals surface area contributed by atoms with Crippen molar-refractivity contribution in [2.75, 3.05) is 13.7 Å². The lowest BCUT2D eigenvalue weighted by atomic mass is 9.75. The summed E-state index contributed by atoms with van der Waals surface area (Å²) in [6.45, 7) is 3.07. The van der Waals surface area contributed by atoms with Gasteiger partial charge in [0.1, 0.15) is 11.3 Å². The van der Waals surface area contributed by atoms with Gasteiger partial charge >= 0.3 is 0 Å². The summed E-state index contributed by atoms with van der Waals surface area (Å²) in [6, 6.07) is 10.6. The molecule has 1 aliphatic carbocycles. The van der Waals surface area contributed by atoms with E-state index in [2.05, 4.69) is 24.4 Å². The molecule has 1 N–H and O–H groups in total. The third-order valence-corrected chi connectivity index (χ3v) is 4.51. The van der Waals surface area contributed by atoms with Crippen LogP contribution in [0, 0.1) is 0 Å². The van der Waals surface area contributed by atoms with Crippen molar-refractivity contribution in [2.24, 2.45) is 0 Å². The maximum Gasteiger partial charge on any atom is 0.134 e. The molecule has 1 aliphatic rings. The number of para-hydroxylation sites is 1. The average molecular weight is 273 g/mol. The molecule has 0 aliphatic heterocycles. The third-order valence-electron chi connectivity index (χ3n) is 4.51. The summed E-state index contributed by atoms with van der Waals surface area (Å²) in [6.07, 6.45) is 4.57. The van der Waals surface area contributed by atoms with E-state index >= 15 is 0 Å². The van der Waals surface area contributed by atoms with E-state index in [1.54, 1.807) is 0 Å². The first-order valence-electron chi connectivity index (χ1n) is 7.53. The molecule has 20 heavy (non-hydrogen) atoms. The molecule has 0 bridgehead atoms. The van der Waals surface area contributed by atoms with E-state index in [-0.39, 0.29) is 11.6 Å². The number of furan rings is 1. The number of rotatable bonds is 6. The Bertz CT molecular complexity index is 533. The maximum absolute atomic E-state index is 6.02. The van der Waals surface area contributed by atoms with Crippen molar-refractivity contribution in [3.8, 4) is 0 Å². The number of hydrogen-bond acceptors (Lipinski definition) is 3. The Morgan fingerprint density at radius 3 is 2.75 bits per heavy atom. The lowest BCUT2D eigenvalue weighted by Crippen LogP contribution is -2.42. The van der Waals surface area contributed by atoms with Gasteiger partial charge in [-0.05, 0) is 44.4 Å². The summed E-state index contributed by atoms with van der Waals surface area (Å²) in [4.78, 5) is 0. The molecule has 1 heterocycles. The Labute approximate surface area is 120 Å². The number of fused-ring (bicyclic) bond motifs is 1. The number of hydrogen-bond donors (Lipinski definition) is 1. The van der Waals surface area contributed by atoms with E-state index in [1.165, 1.54) is 11.8 Å². The van der Waals surface area contributed by atoms with E-state index in [0.717, 1.165) is 37.2 Å². The van der Waals surface area contributed by atoms with E-state index < -0.39 is 0 Å². The Morgan fingerprint density at radius 2 is 2.15 bits per heavy atom. The first-order valence-corrected chi connectivity index (χ1v) is 7.53. The normalized spacial score (nSPS) is 18.9. The highest BCUT2D eigenvalue weighted by atomic mass is 16.5. The molecule has 3 nitrogen and oxygen atoms in total. The predicted octanol–water partition coefficient (Wildman–Crippen LogP) is 4.04. The van der Waals surface area contributed by atoms with Crippen LogP contribution in [0.25, 0.3) is 11.0 Å². The van der Waals surface area contributed by atoms with Crippen LogP contribution in [0.3, 0.4) is 0 Å². The van der Waals surface area contributed by atoms with Crippen LogP contribution in [0.5, 0.6) is 0 Å². The van der Waals surface area contributed by atoms with E-state index in [1.807, 2.05) is 25.3 Å². The minimum absolute atomic E-state index is 0.0474. The van der Waals surface area contributed by atoms with Crippen LogP contribution in [0.15, 0.2) is 34.7 Å². The van der Waals surface area contributed by atoms with Crippen LogP contribution >= 0.6 is 0 Å². The molecule has 0 spiro atoms. The van der Waals surface area contributed by atoms with Gasteiger partial charge in [-0.1, -0.05) is 25.1 Å². The van der Waals surface area contributed by atoms with E-state index in [9.17, 15) is 0 Å². The molecule has 0 radical (unpaired) electrons. The molecule has 108 valence electrons. The van der Waals surface area contributed by atoms with Crippen LogP contribution in [0.1, 0.15) is 44.4 Å². The zero-order valence-corrected chi connectivity index (χ0v) is 12.3. The molecule has 3 heteroatoms. The predicted molar refractivity (Wildman–Crippen MR) is 80.8 cm³/mol. The number of methoxy groups -OCH3 is 1. The molecule has 1 aromatic carbocycles. The van der Waals surface area contributed by atoms with Crippen molar-refractivity contribution in [3.63, 3.8) is 0 Å². The molecular weight excluding hydrogens is 250 g/mol. The van der Waals surface area contributed by atoms with Crippen LogP contribution in [0.2, 0.25) is 0 Å². The fourth-order valence-corrected chi connectivity index (χ4v) is 3.13. The molecule has 1 fully saturated rings. The summed E-state index contributed by atoms with van der Waals surface area (Å²) in [5, 5.41) is 4.72. The van der Waals surface area contributed by atoms with Gasteiger partial charge in [0.05, 0.1) is 11.6 Å². The largest absolute Gasteiger partial charge is 0.459 e. The van der Waals surface area contributed by atoms with Gasteiger partial charge in [-0.2, -0.15) is 0 Å². The lowest BCUT2D eigenvalue weighted by Gasteiger charge is -2.42. The molecule has 0 amide bonds. The quantitative estimate of drug-likeness (QED) is 0.862. The highest BCUT2D eigenvalue weighted by molar-refractivity contribution is 5.77.